The number of carbonyl (C=O) groups is 1. The second-order valence-corrected chi connectivity index (χ2v) is 6.68. The molecule has 2 rings (SSSR count). The molecule has 1 heterocycles. The molecular formula is C17H26ClN3O. The SMILES string of the molecule is CC(C)C(=O)NCC(c1ccccc1Cl)N1CCN(C)CC1. The molecule has 1 unspecified atom stereocenters. The Morgan fingerprint density at radius 2 is 1.86 bits per heavy atom. The smallest absolute Gasteiger partial charge is 0.222 e. The van der Waals surface area contributed by atoms with E-state index in [9.17, 15) is 4.79 Å². The molecule has 1 N–H and O–H groups in total. The summed E-state index contributed by atoms with van der Waals surface area (Å²) < 4.78 is 0. The summed E-state index contributed by atoms with van der Waals surface area (Å²) >= 11 is 6.39. The summed E-state index contributed by atoms with van der Waals surface area (Å²) in [5.41, 5.74) is 1.10. The number of benzene rings is 1. The first-order valence-electron chi connectivity index (χ1n) is 7.93. The molecule has 4 nitrogen and oxygen atoms in total. The number of rotatable bonds is 5. The van der Waals surface area contributed by atoms with E-state index in [1.165, 1.54) is 0 Å². The Hall–Kier alpha value is -1.10. The molecule has 1 aromatic rings. The minimum absolute atomic E-state index is 0.000570. The van der Waals surface area contributed by atoms with Gasteiger partial charge < -0.3 is 10.2 Å². The lowest BCUT2D eigenvalue weighted by atomic mass is 10.0. The van der Waals surface area contributed by atoms with Gasteiger partial charge in [0.15, 0.2) is 0 Å². The van der Waals surface area contributed by atoms with Crippen molar-refractivity contribution < 1.29 is 4.79 Å². The van der Waals surface area contributed by atoms with Gasteiger partial charge in [-0.1, -0.05) is 43.6 Å². The van der Waals surface area contributed by atoms with Gasteiger partial charge in [-0.05, 0) is 18.7 Å². The van der Waals surface area contributed by atoms with Gasteiger partial charge in [0, 0.05) is 43.7 Å². The standard InChI is InChI=1S/C17H26ClN3O/c1-13(2)17(22)19-12-16(14-6-4-5-7-15(14)18)21-10-8-20(3)9-11-21/h4-7,13,16H,8-12H2,1-3H3,(H,19,22). The Labute approximate surface area is 138 Å². The summed E-state index contributed by atoms with van der Waals surface area (Å²) in [5, 5.41) is 3.83. The highest BCUT2D eigenvalue weighted by molar-refractivity contribution is 6.31. The molecule has 1 aliphatic rings. The zero-order valence-corrected chi connectivity index (χ0v) is 14.4. The number of amides is 1. The fraction of sp³-hybridized carbons (Fsp3) is 0.588. The monoisotopic (exact) mass is 323 g/mol. The molecule has 0 saturated carbocycles. The number of likely N-dealkylation sites (N-methyl/N-ethyl adjacent to an activating group) is 1. The zero-order valence-electron chi connectivity index (χ0n) is 13.7. The minimum Gasteiger partial charge on any atom is -0.354 e. The van der Waals surface area contributed by atoms with Crippen LogP contribution >= 0.6 is 11.6 Å². The van der Waals surface area contributed by atoms with Crippen LogP contribution in [0.1, 0.15) is 25.5 Å². The number of halogens is 1. The van der Waals surface area contributed by atoms with Crippen LogP contribution in [0.5, 0.6) is 0 Å². The van der Waals surface area contributed by atoms with Crippen LogP contribution in [0.25, 0.3) is 0 Å². The third kappa shape index (κ3) is 4.45. The maximum Gasteiger partial charge on any atom is 0.222 e. The van der Waals surface area contributed by atoms with Gasteiger partial charge in [-0.3, -0.25) is 9.69 Å². The van der Waals surface area contributed by atoms with Gasteiger partial charge in [0.1, 0.15) is 0 Å². The van der Waals surface area contributed by atoms with Crippen molar-refractivity contribution in [1.82, 2.24) is 15.1 Å². The first-order chi connectivity index (χ1) is 10.5. The Kier molecular flexibility index (Phi) is 6.24. The Bertz CT molecular complexity index is 498. The number of nitrogens with zero attached hydrogens (tertiary/aromatic N) is 2. The molecule has 1 aromatic carbocycles. The molecule has 1 saturated heterocycles. The largest absolute Gasteiger partial charge is 0.354 e. The Morgan fingerprint density at radius 1 is 1.23 bits per heavy atom. The van der Waals surface area contributed by atoms with Crippen LogP contribution in [-0.4, -0.2) is 55.5 Å². The number of piperazine rings is 1. The van der Waals surface area contributed by atoms with Gasteiger partial charge >= 0.3 is 0 Å². The maximum absolute atomic E-state index is 11.9. The van der Waals surface area contributed by atoms with Gasteiger partial charge in [-0.15, -0.1) is 0 Å². The third-order valence-electron chi connectivity index (χ3n) is 4.24. The van der Waals surface area contributed by atoms with Gasteiger partial charge in [0.25, 0.3) is 0 Å². The van der Waals surface area contributed by atoms with Gasteiger partial charge in [0.2, 0.25) is 5.91 Å². The van der Waals surface area contributed by atoms with Crippen molar-refractivity contribution in [3.05, 3.63) is 34.9 Å². The summed E-state index contributed by atoms with van der Waals surface area (Å²) in [6, 6.07) is 8.07. The lowest BCUT2D eigenvalue weighted by Gasteiger charge is -2.38. The van der Waals surface area contributed by atoms with Crippen LogP contribution in [0.2, 0.25) is 5.02 Å². The van der Waals surface area contributed by atoms with E-state index < -0.39 is 0 Å². The highest BCUT2D eigenvalue weighted by Crippen LogP contribution is 2.28. The van der Waals surface area contributed by atoms with Gasteiger partial charge in [-0.25, -0.2) is 0 Å². The molecule has 0 bridgehead atoms. The molecular weight excluding hydrogens is 298 g/mol. The predicted octanol–water partition coefficient (Wildman–Crippen LogP) is 2.40. The summed E-state index contributed by atoms with van der Waals surface area (Å²) in [6.45, 7) is 8.49. The molecule has 22 heavy (non-hydrogen) atoms. The summed E-state index contributed by atoms with van der Waals surface area (Å²) in [5.74, 6) is 0.0885. The van der Waals surface area contributed by atoms with Crippen molar-refractivity contribution in [3.63, 3.8) is 0 Å². The molecule has 0 spiro atoms. The zero-order chi connectivity index (χ0) is 16.1. The van der Waals surface area contributed by atoms with E-state index in [1.807, 2.05) is 32.0 Å². The highest BCUT2D eigenvalue weighted by Gasteiger charge is 2.26. The van der Waals surface area contributed by atoms with E-state index in [-0.39, 0.29) is 17.9 Å². The molecule has 5 heteroatoms. The van der Waals surface area contributed by atoms with E-state index in [4.69, 9.17) is 11.6 Å². The topological polar surface area (TPSA) is 35.6 Å². The molecule has 0 aliphatic carbocycles. The molecule has 1 amide bonds. The maximum atomic E-state index is 11.9. The van der Waals surface area contributed by atoms with Crippen molar-refractivity contribution in [2.45, 2.75) is 19.9 Å². The Balaban J connectivity index is 2.14. The fourth-order valence-electron chi connectivity index (χ4n) is 2.72. The van der Waals surface area contributed by atoms with Crippen molar-refractivity contribution in [2.24, 2.45) is 5.92 Å². The highest BCUT2D eigenvalue weighted by atomic mass is 35.5. The number of hydrogen-bond donors (Lipinski definition) is 1. The number of carbonyl (C=O) groups excluding carboxylic acids is 1. The second-order valence-electron chi connectivity index (χ2n) is 6.28. The van der Waals surface area contributed by atoms with Crippen LogP contribution in [0, 0.1) is 5.92 Å². The molecule has 0 radical (unpaired) electrons. The van der Waals surface area contributed by atoms with Crippen molar-refractivity contribution in [2.75, 3.05) is 39.8 Å². The van der Waals surface area contributed by atoms with E-state index in [2.05, 4.69) is 28.2 Å². The van der Waals surface area contributed by atoms with E-state index in [0.29, 0.717) is 6.54 Å². The van der Waals surface area contributed by atoms with Crippen molar-refractivity contribution in [1.29, 1.82) is 0 Å². The molecule has 1 atom stereocenters. The van der Waals surface area contributed by atoms with Crippen LogP contribution in [0.15, 0.2) is 24.3 Å². The van der Waals surface area contributed by atoms with Crippen LogP contribution in [0.4, 0.5) is 0 Å². The van der Waals surface area contributed by atoms with Crippen LogP contribution in [0.3, 0.4) is 0 Å². The molecule has 1 fully saturated rings. The lowest BCUT2D eigenvalue weighted by Crippen LogP contribution is -2.48. The summed E-state index contributed by atoms with van der Waals surface area (Å²) in [7, 11) is 2.14. The fourth-order valence-corrected chi connectivity index (χ4v) is 2.98. The van der Waals surface area contributed by atoms with E-state index in [0.717, 1.165) is 36.8 Å². The first-order valence-corrected chi connectivity index (χ1v) is 8.31. The van der Waals surface area contributed by atoms with Crippen molar-refractivity contribution >= 4 is 17.5 Å². The van der Waals surface area contributed by atoms with Gasteiger partial charge in [-0.2, -0.15) is 0 Å². The minimum atomic E-state index is -0.000570. The lowest BCUT2D eigenvalue weighted by molar-refractivity contribution is -0.124. The second kappa shape index (κ2) is 7.95. The molecule has 122 valence electrons. The molecule has 0 aromatic heterocycles. The predicted molar refractivity (Wildman–Crippen MR) is 91.1 cm³/mol. The first kappa shape index (κ1) is 17.3. The average molecular weight is 324 g/mol. The van der Waals surface area contributed by atoms with Crippen molar-refractivity contribution in [3.8, 4) is 0 Å². The quantitative estimate of drug-likeness (QED) is 0.904. The van der Waals surface area contributed by atoms with Crippen LogP contribution < -0.4 is 5.32 Å². The normalized spacial score (nSPS) is 18.4. The van der Waals surface area contributed by atoms with E-state index in [1.54, 1.807) is 0 Å². The van der Waals surface area contributed by atoms with E-state index >= 15 is 0 Å². The number of nitrogens with one attached hydrogen (secondary N) is 1. The van der Waals surface area contributed by atoms with Crippen LogP contribution in [-0.2, 0) is 4.79 Å². The number of hydrogen-bond acceptors (Lipinski definition) is 3. The molecule has 1 aliphatic heterocycles. The summed E-state index contributed by atoms with van der Waals surface area (Å²) in [6.07, 6.45) is 0. The third-order valence-corrected chi connectivity index (χ3v) is 4.58. The average Bonchev–Trinajstić information content (AvgIpc) is 2.50. The Morgan fingerprint density at radius 3 is 2.45 bits per heavy atom. The summed E-state index contributed by atoms with van der Waals surface area (Å²) in [4.78, 5) is 16.7. The van der Waals surface area contributed by atoms with Gasteiger partial charge in [0.05, 0.1) is 6.04 Å².